The van der Waals surface area contributed by atoms with Gasteiger partial charge in [-0.1, -0.05) is 6.07 Å². The molecule has 1 heterocycles. The van der Waals surface area contributed by atoms with E-state index >= 15 is 0 Å². The third kappa shape index (κ3) is 2.87. The monoisotopic (exact) mass is 426 g/mol. The molecule has 0 aliphatic heterocycles. The number of thiophene rings is 1. The molecule has 6 heteroatoms. The van der Waals surface area contributed by atoms with Gasteiger partial charge in [-0.15, -0.1) is 0 Å². The minimum absolute atomic E-state index is 0.136. The minimum Gasteiger partial charge on any atom is -0.271 e. The van der Waals surface area contributed by atoms with Gasteiger partial charge in [0.15, 0.2) is 0 Å². The Hall–Kier alpha value is -0.0200. The Kier molecular flexibility index (Phi) is 4.53. The Morgan fingerprint density at radius 1 is 1.35 bits per heavy atom. The molecule has 1 unspecified atom stereocenters. The molecule has 2 aromatic rings. The summed E-state index contributed by atoms with van der Waals surface area (Å²) in [5, 5.41) is 4.02. The van der Waals surface area contributed by atoms with E-state index in [1.165, 1.54) is 12.1 Å². The van der Waals surface area contributed by atoms with Crippen molar-refractivity contribution >= 4 is 49.9 Å². The third-order valence-electron chi connectivity index (χ3n) is 2.39. The zero-order valence-corrected chi connectivity index (χ0v) is 13.1. The molecule has 1 aromatic heterocycles. The second-order valence-electron chi connectivity index (χ2n) is 3.44. The van der Waals surface area contributed by atoms with Crippen molar-refractivity contribution < 1.29 is 4.39 Å². The van der Waals surface area contributed by atoms with Crippen LogP contribution in [0.4, 0.5) is 4.39 Å². The summed E-state index contributed by atoms with van der Waals surface area (Å²) in [6.07, 6.45) is 0. The topological polar surface area (TPSA) is 38.0 Å². The van der Waals surface area contributed by atoms with Crippen LogP contribution in [0, 0.1) is 9.39 Å². The number of hydrogen-bond acceptors (Lipinski definition) is 3. The highest BCUT2D eigenvalue weighted by Crippen LogP contribution is 2.33. The second-order valence-corrected chi connectivity index (χ2v) is 6.20. The quantitative estimate of drug-likeness (QED) is 0.445. The number of halogens is 3. The maximum Gasteiger partial charge on any atom is 0.124 e. The van der Waals surface area contributed by atoms with Crippen molar-refractivity contribution in [2.75, 3.05) is 0 Å². The maximum absolute atomic E-state index is 13.1. The van der Waals surface area contributed by atoms with Gasteiger partial charge in [-0.3, -0.25) is 5.84 Å². The zero-order chi connectivity index (χ0) is 12.4. The number of hydrazine groups is 1. The van der Waals surface area contributed by atoms with Crippen molar-refractivity contribution in [1.82, 2.24) is 5.43 Å². The first-order chi connectivity index (χ1) is 8.13. The summed E-state index contributed by atoms with van der Waals surface area (Å²) < 4.78 is 14.9. The van der Waals surface area contributed by atoms with Gasteiger partial charge in [-0.25, -0.2) is 9.82 Å². The summed E-state index contributed by atoms with van der Waals surface area (Å²) in [5.74, 6) is 5.37. The molecular weight excluding hydrogens is 418 g/mol. The van der Waals surface area contributed by atoms with Crippen molar-refractivity contribution in [3.63, 3.8) is 0 Å². The summed E-state index contributed by atoms with van der Waals surface area (Å²) in [5.41, 5.74) is 4.80. The molecule has 0 spiro atoms. The van der Waals surface area contributed by atoms with Gasteiger partial charge in [0.05, 0.1) is 6.04 Å². The zero-order valence-electron chi connectivity index (χ0n) is 8.58. The molecule has 17 heavy (non-hydrogen) atoms. The second kappa shape index (κ2) is 5.75. The normalized spacial score (nSPS) is 12.7. The predicted octanol–water partition coefficient (Wildman–Crippen LogP) is 3.81. The summed E-state index contributed by atoms with van der Waals surface area (Å²) >= 11 is 7.19. The van der Waals surface area contributed by atoms with Gasteiger partial charge in [0.1, 0.15) is 5.82 Å². The van der Waals surface area contributed by atoms with Crippen LogP contribution in [0.5, 0.6) is 0 Å². The van der Waals surface area contributed by atoms with Gasteiger partial charge in [-0.2, -0.15) is 11.3 Å². The highest BCUT2D eigenvalue weighted by Gasteiger charge is 2.18. The van der Waals surface area contributed by atoms with Gasteiger partial charge in [-0.05, 0) is 67.2 Å². The fourth-order valence-corrected chi connectivity index (χ4v) is 3.92. The van der Waals surface area contributed by atoms with Crippen molar-refractivity contribution in [1.29, 1.82) is 0 Å². The molecule has 0 bridgehead atoms. The SMILES string of the molecule is NNC(c1cscc1Br)c1ccc(F)cc1I. The van der Waals surface area contributed by atoms with Crippen LogP contribution in [0.2, 0.25) is 0 Å². The van der Waals surface area contributed by atoms with Gasteiger partial charge >= 0.3 is 0 Å². The molecule has 2 rings (SSSR count). The van der Waals surface area contributed by atoms with Gasteiger partial charge < -0.3 is 0 Å². The highest BCUT2D eigenvalue weighted by molar-refractivity contribution is 14.1. The Bertz CT molecular complexity index is 532. The molecule has 90 valence electrons. The molecule has 0 fully saturated rings. The Morgan fingerprint density at radius 3 is 2.65 bits per heavy atom. The van der Waals surface area contributed by atoms with E-state index in [0.29, 0.717) is 0 Å². The first-order valence-electron chi connectivity index (χ1n) is 4.76. The van der Waals surface area contributed by atoms with E-state index in [-0.39, 0.29) is 11.9 Å². The first kappa shape index (κ1) is 13.4. The van der Waals surface area contributed by atoms with Crippen LogP contribution in [-0.4, -0.2) is 0 Å². The summed E-state index contributed by atoms with van der Waals surface area (Å²) in [6, 6.07) is 4.57. The van der Waals surface area contributed by atoms with E-state index in [4.69, 9.17) is 5.84 Å². The minimum atomic E-state index is -0.238. The molecule has 0 saturated heterocycles. The molecule has 0 saturated carbocycles. The lowest BCUT2D eigenvalue weighted by Gasteiger charge is -2.17. The van der Waals surface area contributed by atoms with E-state index in [9.17, 15) is 4.39 Å². The fraction of sp³-hybridized carbons (Fsp3) is 0.0909. The number of nitrogens with two attached hydrogens (primary N) is 1. The largest absolute Gasteiger partial charge is 0.271 e. The maximum atomic E-state index is 13.1. The van der Waals surface area contributed by atoms with Gasteiger partial charge in [0.2, 0.25) is 0 Å². The van der Waals surface area contributed by atoms with E-state index in [2.05, 4.69) is 43.9 Å². The van der Waals surface area contributed by atoms with Crippen molar-refractivity contribution in [3.05, 3.63) is 53.9 Å². The molecule has 2 nitrogen and oxygen atoms in total. The highest BCUT2D eigenvalue weighted by atomic mass is 127. The van der Waals surface area contributed by atoms with Crippen LogP contribution in [0.1, 0.15) is 17.2 Å². The van der Waals surface area contributed by atoms with Crippen molar-refractivity contribution in [2.45, 2.75) is 6.04 Å². The van der Waals surface area contributed by atoms with E-state index in [1.54, 1.807) is 17.4 Å². The van der Waals surface area contributed by atoms with E-state index in [0.717, 1.165) is 19.2 Å². The lowest BCUT2D eigenvalue weighted by Crippen LogP contribution is -2.29. The first-order valence-corrected chi connectivity index (χ1v) is 7.57. The van der Waals surface area contributed by atoms with Crippen LogP contribution in [0.25, 0.3) is 0 Å². The smallest absolute Gasteiger partial charge is 0.124 e. The Labute approximate surface area is 125 Å². The summed E-state index contributed by atoms with van der Waals surface area (Å²) in [7, 11) is 0. The molecule has 1 atom stereocenters. The Balaban J connectivity index is 2.46. The summed E-state index contributed by atoms with van der Waals surface area (Å²) in [4.78, 5) is 0. The van der Waals surface area contributed by atoms with Crippen LogP contribution in [-0.2, 0) is 0 Å². The lowest BCUT2D eigenvalue weighted by atomic mass is 10.0. The Morgan fingerprint density at radius 2 is 2.12 bits per heavy atom. The number of hydrogen-bond donors (Lipinski definition) is 2. The standard InChI is InChI=1S/C11H9BrFIN2S/c12-9-5-17-4-8(9)11(16-15)7-2-1-6(13)3-10(7)14/h1-5,11,16H,15H2. The van der Waals surface area contributed by atoms with Gasteiger partial charge in [0.25, 0.3) is 0 Å². The number of rotatable bonds is 3. The average molecular weight is 427 g/mol. The number of benzene rings is 1. The number of nitrogens with one attached hydrogen (secondary N) is 1. The van der Waals surface area contributed by atoms with Crippen LogP contribution in [0.15, 0.2) is 33.4 Å². The van der Waals surface area contributed by atoms with Crippen LogP contribution >= 0.6 is 49.9 Å². The molecule has 1 aromatic carbocycles. The lowest BCUT2D eigenvalue weighted by molar-refractivity contribution is 0.612. The average Bonchev–Trinajstić information content (AvgIpc) is 2.69. The van der Waals surface area contributed by atoms with Gasteiger partial charge in [0, 0.05) is 13.4 Å². The predicted molar refractivity (Wildman–Crippen MR) is 80.3 cm³/mol. The third-order valence-corrected chi connectivity index (χ3v) is 5.08. The molecule has 0 aliphatic rings. The van der Waals surface area contributed by atoms with Crippen molar-refractivity contribution in [2.24, 2.45) is 5.84 Å². The molecule has 0 radical (unpaired) electrons. The molecule has 3 N–H and O–H groups in total. The molecular formula is C11H9BrFIN2S. The molecule has 0 amide bonds. The van der Waals surface area contributed by atoms with E-state index < -0.39 is 0 Å². The fourth-order valence-electron chi connectivity index (χ4n) is 1.58. The van der Waals surface area contributed by atoms with Crippen LogP contribution in [0.3, 0.4) is 0 Å². The van der Waals surface area contributed by atoms with Crippen LogP contribution < -0.4 is 11.3 Å². The molecule has 0 aliphatic carbocycles. The van der Waals surface area contributed by atoms with E-state index in [1.807, 2.05) is 10.8 Å². The van der Waals surface area contributed by atoms with Crippen molar-refractivity contribution in [3.8, 4) is 0 Å². The summed E-state index contributed by atoms with van der Waals surface area (Å²) in [6.45, 7) is 0.